The Morgan fingerprint density at radius 1 is 1.08 bits per heavy atom. The van der Waals surface area contributed by atoms with Gasteiger partial charge in [-0.15, -0.1) is 0 Å². The van der Waals surface area contributed by atoms with E-state index in [1.165, 1.54) is 0 Å². The molecule has 2 aromatic carbocycles. The molecule has 0 amide bonds. The zero-order valence-electron chi connectivity index (χ0n) is 14.7. The summed E-state index contributed by atoms with van der Waals surface area (Å²) in [6.45, 7) is 5.11. The monoisotopic (exact) mass is 359 g/mol. The van der Waals surface area contributed by atoms with Crippen LogP contribution in [0.15, 0.2) is 59.5 Å². The molecule has 0 bridgehead atoms. The van der Waals surface area contributed by atoms with Gasteiger partial charge in [-0.25, -0.2) is 8.42 Å². The smallest absolute Gasteiger partial charge is 0.182 e. The summed E-state index contributed by atoms with van der Waals surface area (Å²) in [7, 11) is -3.48. The van der Waals surface area contributed by atoms with Gasteiger partial charge in [0, 0.05) is 24.5 Å². The molecule has 3 rings (SSSR count). The van der Waals surface area contributed by atoms with Gasteiger partial charge in [-0.05, 0) is 31.5 Å². The third-order valence-corrected chi connectivity index (χ3v) is 7.52. The first-order valence-corrected chi connectivity index (χ1v) is 10.2. The number of ether oxygens (including phenoxy) is 1. The van der Waals surface area contributed by atoms with E-state index in [1.807, 2.05) is 44.2 Å². The number of aryl methyl sites for hydroxylation is 1. The Kier molecular flexibility index (Phi) is 5.00. The van der Waals surface area contributed by atoms with Crippen molar-refractivity contribution in [1.82, 2.24) is 0 Å². The Labute approximate surface area is 149 Å². The topological polar surface area (TPSA) is 69.4 Å². The lowest BCUT2D eigenvalue weighted by atomic mass is 9.99. The summed E-state index contributed by atoms with van der Waals surface area (Å²) in [6, 6.07) is 16.7. The van der Waals surface area contributed by atoms with Gasteiger partial charge in [0.05, 0.1) is 16.8 Å². The normalized spacial score (nSPS) is 25.7. The molecule has 0 aliphatic heterocycles. The average molecular weight is 359 g/mol. The van der Waals surface area contributed by atoms with E-state index in [1.54, 1.807) is 24.3 Å². The lowest BCUT2D eigenvalue weighted by molar-refractivity contribution is 0.101. The van der Waals surface area contributed by atoms with Crippen LogP contribution in [-0.4, -0.2) is 33.4 Å². The average Bonchev–Trinajstić information content (AvgIpc) is 3.31. The summed E-state index contributed by atoms with van der Waals surface area (Å²) in [5.74, 6) is -0.144. The number of sulfone groups is 1. The van der Waals surface area contributed by atoms with Crippen molar-refractivity contribution in [2.24, 2.45) is 11.1 Å². The summed E-state index contributed by atoms with van der Waals surface area (Å²) in [4.78, 5) is 0.351. The molecular weight excluding hydrogens is 334 g/mol. The van der Waals surface area contributed by atoms with E-state index in [2.05, 4.69) is 0 Å². The second-order valence-corrected chi connectivity index (χ2v) is 8.81. The Morgan fingerprint density at radius 3 is 2.28 bits per heavy atom. The third-order valence-electron chi connectivity index (χ3n) is 5.18. The minimum absolute atomic E-state index is 0.144. The lowest BCUT2D eigenvalue weighted by Gasteiger charge is -2.16. The van der Waals surface area contributed by atoms with Gasteiger partial charge in [0.15, 0.2) is 9.84 Å². The van der Waals surface area contributed by atoms with Gasteiger partial charge in [0.1, 0.15) is 0 Å². The largest absolute Gasteiger partial charge is 0.381 e. The molecule has 25 heavy (non-hydrogen) atoms. The zero-order valence-corrected chi connectivity index (χ0v) is 15.5. The fourth-order valence-corrected chi connectivity index (χ4v) is 6.21. The van der Waals surface area contributed by atoms with Gasteiger partial charge in [0.2, 0.25) is 0 Å². The van der Waals surface area contributed by atoms with Gasteiger partial charge in [-0.1, -0.05) is 48.0 Å². The zero-order chi connectivity index (χ0) is 18.1. The van der Waals surface area contributed by atoms with Crippen molar-refractivity contribution in [3.05, 3.63) is 65.7 Å². The minimum Gasteiger partial charge on any atom is -0.381 e. The fraction of sp³-hybridized carbons (Fsp3) is 0.400. The first-order chi connectivity index (χ1) is 12.0. The van der Waals surface area contributed by atoms with E-state index in [-0.39, 0.29) is 12.5 Å². The molecule has 1 aliphatic rings. The highest BCUT2D eigenvalue weighted by Crippen LogP contribution is 2.63. The number of hydrogen-bond donors (Lipinski definition) is 1. The predicted octanol–water partition coefficient (Wildman–Crippen LogP) is 2.92. The highest BCUT2D eigenvalue weighted by Gasteiger charge is 2.70. The summed E-state index contributed by atoms with van der Waals surface area (Å²) >= 11 is 0. The number of benzene rings is 2. The predicted molar refractivity (Wildman–Crippen MR) is 99.3 cm³/mol. The highest BCUT2D eigenvalue weighted by atomic mass is 32.2. The SMILES string of the molecule is CCOC[C@@]1(CN)[C@@H](c2ccc(C)cc2)[C@@H]1S(=O)(=O)c1ccccc1. The second kappa shape index (κ2) is 6.90. The Balaban J connectivity index is 2.04. The van der Waals surface area contributed by atoms with Crippen molar-refractivity contribution in [1.29, 1.82) is 0 Å². The van der Waals surface area contributed by atoms with Gasteiger partial charge in [-0.2, -0.15) is 0 Å². The van der Waals surface area contributed by atoms with Crippen LogP contribution in [0.4, 0.5) is 0 Å². The first kappa shape index (κ1) is 18.1. The van der Waals surface area contributed by atoms with Crippen LogP contribution < -0.4 is 5.73 Å². The van der Waals surface area contributed by atoms with Crippen LogP contribution in [-0.2, 0) is 14.6 Å². The van der Waals surface area contributed by atoms with Crippen LogP contribution in [0.5, 0.6) is 0 Å². The molecule has 0 spiro atoms. The van der Waals surface area contributed by atoms with E-state index in [9.17, 15) is 8.42 Å². The van der Waals surface area contributed by atoms with Crippen LogP contribution in [0, 0.1) is 12.3 Å². The van der Waals surface area contributed by atoms with E-state index >= 15 is 0 Å². The maximum absolute atomic E-state index is 13.3. The highest BCUT2D eigenvalue weighted by molar-refractivity contribution is 7.92. The second-order valence-electron chi connectivity index (χ2n) is 6.74. The molecule has 0 unspecified atom stereocenters. The molecule has 0 heterocycles. The van der Waals surface area contributed by atoms with Crippen molar-refractivity contribution < 1.29 is 13.2 Å². The number of rotatable bonds is 7. The summed E-state index contributed by atoms with van der Waals surface area (Å²) in [6.07, 6.45) is 0. The molecule has 5 heteroatoms. The minimum atomic E-state index is -3.48. The number of hydrogen-bond acceptors (Lipinski definition) is 4. The third kappa shape index (κ3) is 3.12. The molecule has 1 fully saturated rings. The molecule has 0 saturated heterocycles. The van der Waals surface area contributed by atoms with Crippen LogP contribution in [0.2, 0.25) is 0 Å². The van der Waals surface area contributed by atoms with E-state index < -0.39 is 20.5 Å². The van der Waals surface area contributed by atoms with E-state index in [4.69, 9.17) is 10.5 Å². The van der Waals surface area contributed by atoms with Crippen molar-refractivity contribution in [2.45, 2.75) is 29.9 Å². The summed E-state index contributed by atoms with van der Waals surface area (Å²) in [5, 5.41) is -0.554. The van der Waals surface area contributed by atoms with Gasteiger partial charge < -0.3 is 10.5 Å². The molecule has 1 saturated carbocycles. The lowest BCUT2D eigenvalue weighted by Crippen LogP contribution is -2.29. The quantitative estimate of drug-likeness (QED) is 0.825. The summed E-state index contributed by atoms with van der Waals surface area (Å²) in [5.41, 5.74) is 7.68. The van der Waals surface area contributed by atoms with Crippen molar-refractivity contribution in [3.8, 4) is 0 Å². The van der Waals surface area contributed by atoms with Crippen molar-refractivity contribution in [3.63, 3.8) is 0 Å². The van der Waals surface area contributed by atoms with Crippen LogP contribution in [0.3, 0.4) is 0 Å². The van der Waals surface area contributed by atoms with E-state index in [0.717, 1.165) is 11.1 Å². The molecule has 1 aliphatic carbocycles. The Morgan fingerprint density at radius 2 is 1.72 bits per heavy atom. The maximum Gasteiger partial charge on any atom is 0.182 e. The molecule has 2 aromatic rings. The molecular formula is C20H25NO3S. The van der Waals surface area contributed by atoms with E-state index in [0.29, 0.717) is 18.1 Å². The van der Waals surface area contributed by atoms with Gasteiger partial charge in [0.25, 0.3) is 0 Å². The molecule has 0 radical (unpaired) electrons. The Bertz CT molecular complexity index is 818. The van der Waals surface area contributed by atoms with Gasteiger partial charge >= 0.3 is 0 Å². The maximum atomic E-state index is 13.3. The van der Waals surface area contributed by atoms with Crippen molar-refractivity contribution in [2.75, 3.05) is 19.8 Å². The fourth-order valence-electron chi connectivity index (χ4n) is 3.74. The Hall–Kier alpha value is -1.69. The van der Waals surface area contributed by atoms with Crippen LogP contribution in [0.1, 0.15) is 24.0 Å². The first-order valence-electron chi connectivity index (χ1n) is 8.60. The van der Waals surface area contributed by atoms with Crippen molar-refractivity contribution >= 4 is 9.84 Å². The number of nitrogens with two attached hydrogens (primary N) is 1. The molecule has 134 valence electrons. The standard InChI is InChI=1S/C20H25NO3S/c1-3-24-14-20(13-21)18(16-11-9-15(2)10-12-16)19(20)25(22,23)17-7-5-4-6-8-17/h4-12,18-19H,3,13-14,21H2,1-2H3/t18-,19-,20-/m0/s1. The molecule has 2 N–H and O–H groups in total. The molecule has 0 aromatic heterocycles. The molecule has 4 nitrogen and oxygen atoms in total. The molecule has 3 atom stereocenters. The van der Waals surface area contributed by atoms with Crippen LogP contribution >= 0.6 is 0 Å². The summed E-state index contributed by atoms with van der Waals surface area (Å²) < 4.78 is 32.2. The van der Waals surface area contributed by atoms with Gasteiger partial charge in [-0.3, -0.25) is 0 Å². The van der Waals surface area contributed by atoms with Crippen LogP contribution in [0.25, 0.3) is 0 Å².